The Kier molecular flexibility index (Phi) is 13.5. The van der Waals surface area contributed by atoms with Crippen molar-refractivity contribution in [2.75, 3.05) is 31.1 Å². The highest BCUT2D eigenvalue weighted by molar-refractivity contribution is 9.10. The van der Waals surface area contributed by atoms with E-state index in [0.29, 0.717) is 4.47 Å². The first-order valence-electron chi connectivity index (χ1n) is 9.82. The summed E-state index contributed by atoms with van der Waals surface area (Å²) < 4.78 is 2.46. The van der Waals surface area contributed by atoms with E-state index >= 15 is 0 Å². The molecular formula is C19H35BrN6O. The monoisotopic (exact) mass is 442 g/mol. The third-order valence-electron chi connectivity index (χ3n) is 3.80. The Hall–Kier alpha value is -1.67. The quantitative estimate of drug-likeness (QED) is 0.784. The lowest BCUT2D eigenvalue weighted by Gasteiger charge is -2.36. The van der Waals surface area contributed by atoms with Crippen LogP contribution in [-0.2, 0) is 13.6 Å². The number of halogens is 1. The molecule has 8 heteroatoms. The smallest absolute Gasteiger partial charge is 0.280 e. The van der Waals surface area contributed by atoms with Crippen LogP contribution in [0.2, 0.25) is 0 Å². The van der Waals surface area contributed by atoms with Gasteiger partial charge in [0.2, 0.25) is 0 Å². The summed E-state index contributed by atoms with van der Waals surface area (Å²) >= 11 is 3.34. The van der Waals surface area contributed by atoms with Crippen LogP contribution >= 0.6 is 15.9 Å². The van der Waals surface area contributed by atoms with Gasteiger partial charge < -0.3 is 4.90 Å². The standard InChI is InChI=1S/C13H17BrN6O.3C2H6/c1-18-10(2-3-16-18)9-19-4-6-20(7-5-19)11-8-15-17-13(21)12(11)14;3*1-2/h2-3,8H,4-7,9H2,1H3,(H,17,21);3*1-2H3. The number of nitrogens with one attached hydrogen (secondary N) is 1. The van der Waals surface area contributed by atoms with E-state index in [2.05, 4.69) is 41.0 Å². The number of H-pyrrole nitrogens is 1. The summed E-state index contributed by atoms with van der Waals surface area (Å²) in [5, 5.41) is 10.5. The van der Waals surface area contributed by atoms with Gasteiger partial charge in [-0.15, -0.1) is 0 Å². The molecule has 0 atom stereocenters. The molecule has 27 heavy (non-hydrogen) atoms. The summed E-state index contributed by atoms with van der Waals surface area (Å²) in [7, 11) is 1.96. The second-order valence-corrected chi connectivity index (χ2v) is 5.90. The molecule has 3 rings (SSSR count). The zero-order valence-corrected chi connectivity index (χ0v) is 19.4. The Morgan fingerprint density at radius 3 is 2.19 bits per heavy atom. The first kappa shape index (κ1) is 25.3. The van der Waals surface area contributed by atoms with E-state index < -0.39 is 0 Å². The molecule has 0 radical (unpaired) electrons. The number of nitrogens with zero attached hydrogens (tertiary/aromatic N) is 5. The number of aromatic nitrogens is 4. The summed E-state index contributed by atoms with van der Waals surface area (Å²) in [5.41, 5.74) is 1.88. The first-order chi connectivity index (χ1) is 13.1. The van der Waals surface area contributed by atoms with Crippen LogP contribution in [0.4, 0.5) is 5.69 Å². The van der Waals surface area contributed by atoms with Crippen molar-refractivity contribution in [2.45, 2.75) is 48.1 Å². The Morgan fingerprint density at radius 2 is 1.67 bits per heavy atom. The Bertz CT molecular complexity index is 677. The van der Waals surface area contributed by atoms with E-state index in [9.17, 15) is 4.79 Å². The summed E-state index contributed by atoms with van der Waals surface area (Å²) in [5.74, 6) is 0. The number of aromatic amines is 1. The second kappa shape index (κ2) is 14.4. The van der Waals surface area contributed by atoms with Gasteiger partial charge in [0, 0.05) is 46.0 Å². The molecule has 0 aliphatic carbocycles. The lowest BCUT2D eigenvalue weighted by atomic mass is 10.2. The number of piperazine rings is 1. The van der Waals surface area contributed by atoms with E-state index in [0.717, 1.165) is 38.4 Å². The van der Waals surface area contributed by atoms with Crippen molar-refractivity contribution in [3.63, 3.8) is 0 Å². The number of hydrogen-bond donors (Lipinski definition) is 1. The van der Waals surface area contributed by atoms with E-state index in [1.54, 1.807) is 6.20 Å². The molecule has 154 valence electrons. The first-order valence-corrected chi connectivity index (χ1v) is 10.6. The maximum absolute atomic E-state index is 11.6. The largest absolute Gasteiger partial charge is 0.367 e. The van der Waals surface area contributed by atoms with Gasteiger partial charge in [0.1, 0.15) is 4.47 Å². The molecule has 2 aromatic heterocycles. The van der Waals surface area contributed by atoms with Gasteiger partial charge >= 0.3 is 0 Å². The van der Waals surface area contributed by atoms with Crippen molar-refractivity contribution in [2.24, 2.45) is 7.05 Å². The molecule has 0 unspecified atom stereocenters. The third-order valence-corrected chi connectivity index (χ3v) is 4.56. The van der Waals surface area contributed by atoms with Gasteiger partial charge in [0.05, 0.1) is 17.6 Å². The van der Waals surface area contributed by atoms with Crippen LogP contribution in [0.1, 0.15) is 47.2 Å². The maximum Gasteiger partial charge on any atom is 0.280 e. The fourth-order valence-electron chi connectivity index (χ4n) is 2.53. The molecule has 2 aromatic rings. The average Bonchev–Trinajstić information content (AvgIpc) is 3.14. The van der Waals surface area contributed by atoms with Crippen molar-refractivity contribution in [1.29, 1.82) is 0 Å². The van der Waals surface area contributed by atoms with Crippen LogP contribution in [0, 0.1) is 0 Å². The van der Waals surface area contributed by atoms with Gasteiger partial charge in [0.15, 0.2) is 0 Å². The van der Waals surface area contributed by atoms with E-state index in [1.807, 2.05) is 65.5 Å². The molecular weight excluding hydrogens is 408 g/mol. The highest BCUT2D eigenvalue weighted by atomic mass is 79.9. The lowest BCUT2D eigenvalue weighted by Crippen LogP contribution is -2.46. The minimum absolute atomic E-state index is 0.190. The predicted octanol–water partition coefficient (Wildman–Crippen LogP) is 3.67. The zero-order valence-electron chi connectivity index (χ0n) is 17.8. The topological polar surface area (TPSA) is 70.1 Å². The predicted molar refractivity (Wildman–Crippen MR) is 117 cm³/mol. The third kappa shape index (κ3) is 7.46. The van der Waals surface area contributed by atoms with Gasteiger partial charge in [0.25, 0.3) is 5.56 Å². The Balaban J connectivity index is 0.00000103. The maximum atomic E-state index is 11.6. The lowest BCUT2D eigenvalue weighted by molar-refractivity contribution is 0.243. The van der Waals surface area contributed by atoms with Gasteiger partial charge in [-0.1, -0.05) is 41.5 Å². The summed E-state index contributed by atoms with van der Waals surface area (Å²) in [4.78, 5) is 16.2. The number of aryl methyl sites for hydroxylation is 1. The minimum Gasteiger partial charge on any atom is -0.367 e. The van der Waals surface area contributed by atoms with Crippen molar-refractivity contribution in [3.8, 4) is 0 Å². The van der Waals surface area contributed by atoms with Crippen molar-refractivity contribution < 1.29 is 0 Å². The summed E-state index contributed by atoms with van der Waals surface area (Å²) in [6, 6.07) is 2.05. The average molecular weight is 443 g/mol. The Labute approximate surface area is 171 Å². The molecule has 0 amide bonds. The molecule has 1 saturated heterocycles. The minimum atomic E-state index is -0.190. The van der Waals surface area contributed by atoms with E-state index in [4.69, 9.17) is 0 Å². The molecule has 1 N–H and O–H groups in total. The van der Waals surface area contributed by atoms with Gasteiger partial charge in [-0.25, -0.2) is 5.10 Å². The summed E-state index contributed by atoms with van der Waals surface area (Å²) in [6.45, 7) is 16.6. The SMILES string of the molecule is CC.CC.CC.Cn1nccc1CN1CCN(c2cn[nH]c(=O)c2Br)CC1. The van der Waals surface area contributed by atoms with Crippen LogP contribution in [0.5, 0.6) is 0 Å². The highest BCUT2D eigenvalue weighted by Gasteiger charge is 2.20. The fourth-order valence-corrected chi connectivity index (χ4v) is 2.97. The Morgan fingerprint density at radius 1 is 1.07 bits per heavy atom. The van der Waals surface area contributed by atoms with E-state index in [1.165, 1.54) is 5.69 Å². The normalized spacial score (nSPS) is 13.4. The van der Waals surface area contributed by atoms with Gasteiger partial charge in [-0.3, -0.25) is 14.4 Å². The van der Waals surface area contributed by atoms with Crippen LogP contribution in [0.15, 0.2) is 27.7 Å². The molecule has 1 aliphatic rings. The van der Waals surface area contributed by atoms with Crippen molar-refractivity contribution >= 4 is 21.6 Å². The molecule has 7 nitrogen and oxygen atoms in total. The molecule has 0 saturated carbocycles. The van der Waals surface area contributed by atoms with Gasteiger partial charge in [-0.05, 0) is 22.0 Å². The van der Waals surface area contributed by atoms with Gasteiger partial charge in [-0.2, -0.15) is 10.2 Å². The van der Waals surface area contributed by atoms with Crippen molar-refractivity contribution in [1.82, 2.24) is 24.9 Å². The number of anilines is 1. The van der Waals surface area contributed by atoms with Crippen LogP contribution in [-0.4, -0.2) is 51.1 Å². The molecule has 1 aliphatic heterocycles. The van der Waals surface area contributed by atoms with Crippen molar-refractivity contribution in [3.05, 3.63) is 39.0 Å². The molecule has 0 aromatic carbocycles. The van der Waals surface area contributed by atoms with Crippen LogP contribution in [0.25, 0.3) is 0 Å². The highest BCUT2D eigenvalue weighted by Crippen LogP contribution is 2.22. The summed E-state index contributed by atoms with van der Waals surface area (Å²) in [6.07, 6.45) is 3.52. The van der Waals surface area contributed by atoms with Crippen LogP contribution in [0.3, 0.4) is 0 Å². The molecule has 3 heterocycles. The molecule has 1 fully saturated rings. The van der Waals surface area contributed by atoms with Crippen LogP contribution < -0.4 is 10.5 Å². The second-order valence-electron chi connectivity index (χ2n) is 5.11. The number of hydrogen-bond acceptors (Lipinski definition) is 5. The molecule has 0 spiro atoms. The zero-order chi connectivity index (χ0) is 20.8. The number of rotatable bonds is 3. The fraction of sp³-hybridized carbons (Fsp3) is 0.632. The molecule has 0 bridgehead atoms. The van der Waals surface area contributed by atoms with E-state index in [-0.39, 0.29) is 5.56 Å².